The van der Waals surface area contributed by atoms with Crippen molar-refractivity contribution < 1.29 is 8.83 Å². The van der Waals surface area contributed by atoms with Gasteiger partial charge in [-0.2, -0.15) is 9.97 Å². The standard InChI is InChI=1S/C39H24N4O3/c44-38-40-37(26-10-3-1-4-11-26)41-39-43(38)32-24-27(20-23-34(32)46-39)25-18-21-29(22-19-25)42(28-12-5-2-6-13-28)31-15-9-17-35-36(31)30-14-7-8-16-33(30)45-35/h1-24H. The number of para-hydroxylation sites is 2. The van der Waals surface area contributed by atoms with E-state index in [1.165, 1.54) is 4.40 Å². The van der Waals surface area contributed by atoms with Crippen LogP contribution in [0.2, 0.25) is 0 Å². The van der Waals surface area contributed by atoms with Gasteiger partial charge >= 0.3 is 11.5 Å². The monoisotopic (exact) mass is 596 g/mol. The molecule has 0 N–H and O–H groups in total. The Bertz CT molecular complexity index is 2600. The van der Waals surface area contributed by atoms with E-state index in [0.29, 0.717) is 16.9 Å². The van der Waals surface area contributed by atoms with E-state index in [1.54, 1.807) is 0 Å². The average Bonchev–Trinajstić information content (AvgIpc) is 3.68. The molecule has 0 unspecified atom stereocenters. The SMILES string of the molecule is O=c1nc(-c2ccccc2)nc2oc3ccc(-c4ccc(N(c5ccccc5)c5cccc6oc7ccccc7c56)cc4)cc3n12. The third kappa shape index (κ3) is 4.17. The van der Waals surface area contributed by atoms with Crippen LogP contribution in [0.15, 0.2) is 159 Å². The Hall–Kier alpha value is -6.47. The molecule has 0 spiro atoms. The lowest BCUT2D eigenvalue weighted by molar-refractivity contribution is 0.630. The lowest BCUT2D eigenvalue weighted by Crippen LogP contribution is -2.18. The van der Waals surface area contributed by atoms with Crippen molar-refractivity contribution >= 4 is 55.9 Å². The number of aromatic nitrogens is 3. The first-order valence-corrected chi connectivity index (χ1v) is 15.0. The first-order chi connectivity index (χ1) is 22.7. The molecule has 9 aromatic rings. The Kier molecular flexibility index (Phi) is 5.83. The van der Waals surface area contributed by atoms with Gasteiger partial charge in [0.15, 0.2) is 11.4 Å². The topological polar surface area (TPSA) is 76.8 Å². The third-order valence-electron chi connectivity index (χ3n) is 8.31. The summed E-state index contributed by atoms with van der Waals surface area (Å²) in [6.07, 6.45) is 0. The maximum Gasteiger partial charge on any atom is 0.358 e. The second-order valence-corrected chi connectivity index (χ2v) is 11.1. The molecular formula is C39H24N4O3. The van der Waals surface area contributed by atoms with E-state index in [-0.39, 0.29) is 5.84 Å². The van der Waals surface area contributed by atoms with Crippen molar-refractivity contribution in [2.45, 2.75) is 0 Å². The molecule has 0 atom stereocenters. The summed E-state index contributed by atoms with van der Waals surface area (Å²) in [5.41, 5.74) is 8.20. The molecular weight excluding hydrogens is 572 g/mol. The molecule has 7 heteroatoms. The normalized spacial score (nSPS) is 11.6. The summed E-state index contributed by atoms with van der Waals surface area (Å²) in [6, 6.07) is 48.3. The van der Waals surface area contributed by atoms with Gasteiger partial charge in [-0.1, -0.05) is 91.0 Å². The second kappa shape index (κ2) is 10.3. The summed E-state index contributed by atoms with van der Waals surface area (Å²) in [5.74, 6) is 0.545. The van der Waals surface area contributed by atoms with E-state index in [1.807, 2.05) is 97.1 Å². The third-order valence-corrected chi connectivity index (χ3v) is 8.31. The number of anilines is 3. The van der Waals surface area contributed by atoms with Crippen LogP contribution in [0, 0.1) is 0 Å². The van der Waals surface area contributed by atoms with Gasteiger partial charge in [0.1, 0.15) is 11.2 Å². The summed E-state index contributed by atoms with van der Waals surface area (Å²) in [5, 5.41) is 2.13. The quantitative estimate of drug-likeness (QED) is 0.197. The van der Waals surface area contributed by atoms with E-state index in [9.17, 15) is 4.79 Å². The summed E-state index contributed by atoms with van der Waals surface area (Å²) < 4.78 is 13.6. The Morgan fingerprint density at radius 2 is 1.24 bits per heavy atom. The number of rotatable bonds is 5. The van der Waals surface area contributed by atoms with Crippen molar-refractivity contribution in [1.29, 1.82) is 0 Å². The zero-order valence-electron chi connectivity index (χ0n) is 24.4. The number of furan rings is 1. The zero-order valence-corrected chi connectivity index (χ0v) is 24.4. The minimum atomic E-state index is -0.436. The van der Waals surface area contributed by atoms with Gasteiger partial charge in [0.05, 0.1) is 16.6 Å². The predicted molar refractivity (Wildman–Crippen MR) is 182 cm³/mol. The van der Waals surface area contributed by atoms with Crippen molar-refractivity contribution in [3.05, 3.63) is 156 Å². The Morgan fingerprint density at radius 1 is 0.543 bits per heavy atom. The van der Waals surface area contributed by atoms with Gasteiger partial charge in [-0.25, -0.2) is 9.20 Å². The zero-order chi connectivity index (χ0) is 30.6. The molecule has 7 nitrogen and oxygen atoms in total. The van der Waals surface area contributed by atoms with Gasteiger partial charge in [0.2, 0.25) is 0 Å². The smallest absolute Gasteiger partial charge is 0.358 e. The van der Waals surface area contributed by atoms with Crippen LogP contribution in [0.3, 0.4) is 0 Å². The van der Waals surface area contributed by atoms with Crippen molar-refractivity contribution in [2.75, 3.05) is 4.90 Å². The molecule has 0 fully saturated rings. The first-order valence-electron chi connectivity index (χ1n) is 15.0. The number of hydrogen-bond acceptors (Lipinski definition) is 6. The van der Waals surface area contributed by atoms with Gasteiger partial charge in [-0.05, 0) is 65.7 Å². The van der Waals surface area contributed by atoms with Gasteiger partial charge in [-0.3, -0.25) is 0 Å². The van der Waals surface area contributed by atoms with Crippen molar-refractivity contribution in [1.82, 2.24) is 14.4 Å². The molecule has 218 valence electrons. The van der Waals surface area contributed by atoms with E-state index in [4.69, 9.17) is 8.83 Å². The van der Waals surface area contributed by atoms with Crippen molar-refractivity contribution in [3.63, 3.8) is 0 Å². The minimum absolute atomic E-state index is 0.209. The molecule has 0 radical (unpaired) electrons. The molecule has 0 amide bonds. The largest absolute Gasteiger partial charge is 0.456 e. The highest BCUT2D eigenvalue weighted by Gasteiger charge is 2.19. The molecule has 3 heterocycles. The summed E-state index contributed by atoms with van der Waals surface area (Å²) in [4.78, 5) is 24.2. The molecule has 9 rings (SSSR count). The number of nitrogens with zero attached hydrogens (tertiary/aromatic N) is 4. The fraction of sp³-hybridized carbons (Fsp3) is 0. The fourth-order valence-electron chi connectivity index (χ4n) is 6.18. The van der Waals surface area contributed by atoms with Gasteiger partial charge in [0.25, 0.3) is 0 Å². The molecule has 0 saturated heterocycles. The highest BCUT2D eigenvalue weighted by molar-refractivity contribution is 6.13. The maximum atomic E-state index is 13.2. The van der Waals surface area contributed by atoms with Gasteiger partial charge in [0, 0.05) is 22.3 Å². The molecule has 0 bridgehead atoms. The minimum Gasteiger partial charge on any atom is -0.456 e. The number of fused-ring (bicyclic) bond motifs is 6. The predicted octanol–water partition coefficient (Wildman–Crippen LogP) is 9.54. The van der Waals surface area contributed by atoms with E-state index in [2.05, 4.69) is 63.4 Å². The maximum absolute atomic E-state index is 13.2. The summed E-state index contributed by atoms with van der Waals surface area (Å²) in [7, 11) is 0. The molecule has 0 aliphatic carbocycles. The summed E-state index contributed by atoms with van der Waals surface area (Å²) >= 11 is 0. The number of hydrogen-bond donors (Lipinski definition) is 0. The van der Waals surface area contributed by atoms with Crippen LogP contribution in [0.4, 0.5) is 17.1 Å². The van der Waals surface area contributed by atoms with Crippen molar-refractivity contribution in [2.24, 2.45) is 0 Å². The fourth-order valence-corrected chi connectivity index (χ4v) is 6.18. The number of benzene rings is 6. The van der Waals surface area contributed by atoms with Crippen LogP contribution in [0.25, 0.3) is 61.4 Å². The van der Waals surface area contributed by atoms with Crippen LogP contribution in [0.1, 0.15) is 0 Å². The lowest BCUT2D eigenvalue weighted by Gasteiger charge is -2.26. The average molecular weight is 597 g/mol. The van der Waals surface area contributed by atoms with Crippen LogP contribution in [-0.2, 0) is 0 Å². The number of oxazole rings is 1. The first kappa shape index (κ1) is 26.0. The van der Waals surface area contributed by atoms with E-state index in [0.717, 1.165) is 55.7 Å². The molecule has 0 aliphatic rings. The molecule has 46 heavy (non-hydrogen) atoms. The van der Waals surface area contributed by atoms with Gasteiger partial charge in [-0.15, -0.1) is 0 Å². The lowest BCUT2D eigenvalue weighted by atomic mass is 10.0. The molecule has 0 aliphatic heterocycles. The van der Waals surface area contributed by atoms with Crippen LogP contribution in [0.5, 0.6) is 0 Å². The molecule has 0 saturated carbocycles. The van der Waals surface area contributed by atoms with Crippen LogP contribution >= 0.6 is 0 Å². The Balaban J connectivity index is 1.14. The Morgan fingerprint density at radius 3 is 2.07 bits per heavy atom. The highest BCUT2D eigenvalue weighted by Crippen LogP contribution is 2.43. The van der Waals surface area contributed by atoms with E-state index < -0.39 is 5.69 Å². The highest BCUT2D eigenvalue weighted by atomic mass is 16.4. The van der Waals surface area contributed by atoms with E-state index >= 15 is 0 Å². The molecule has 3 aromatic heterocycles. The summed E-state index contributed by atoms with van der Waals surface area (Å²) in [6.45, 7) is 0. The van der Waals surface area contributed by atoms with Crippen LogP contribution < -0.4 is 10.6 Å². The second-order valence-electron chi connectivity index (χ2n) is 11.1. The van der Waals surface area contributed by atoms with Gasteiger partial charge < -0.3 is 13.7 Å². The van der Waals surface area contributed by atoms with Crippen molar-refractivity contribution in [3.8, 4) is 22.5 Å². The Labute approximate surface area is 262 Å². The molecule has 6 aromatic carbocycles. The van der Waals surface area contributed by atoms with Crippen LogP contribution in [-0.4, -0.2) is 14.4 Å².